The Kier molecular flexibility index (Phi) is 13.8. The first-order valence-electron chi connectivity index (χ1n) is 14.6. The molecule has 0 aromatic heterocycles. The van der Waals surface area contributed by atoms with Gasteiger partial charge in [0.2, 0.25) is 11.8 Å². The summed E-state index contributed by atoms with van der Waals surface area (Å²) in [6, 6.07) is 14.8. The molecule has 3 amide bonds. The van der Waals surface area contributed by atoms with Gasteiger partial charge in [0.1, 0.15) is 18.7 Å². The number of nitrogens with one attached hydrogen (secondary N) is 3. The average molecular weight is 614 g/mol. The lowest BCUT2D eigenvalue weighted by molar-refractivity contribution is -0.150. The molecule has 0 fully saturated rings. The number of carbonyl (C=O) groups excluding carboxylic acids is 4. The molecule has 11 nitrogen and oxygen atoms in total. The second-order valence-electron chi connectivity index (χ2n) is 12.4. The lowest BCUT2D eigenvalue weighted by Crippen LogP contribution is -2.61. The average Bonchev–Trinajstić information content (AvgIpc) is 2.95. The van der Waals surface area contributed by atoms with Crippen LogP contribution in [0.25, 0.3) is 0 Å². The van der Waals surface area contributed by atoms with Gasteiger partial charge in [0, 0.05) is 6.42 Å². The maximum atomic E-state index is 13.7. The summed E-state index contributed by atoms with van der Waals surface area (Å²) in [7, 11) is 1.21. The summed E-state index contributed by atoms with van der Waals surface area (Å²) in [5.41, 5.74) is 0.315. The number of amides is 3. The van der Waals surface area contributed by atoms with Crippen LogP contribution in [0.4, 0.5) is 4.79 Å². The molecule has 0 aliphatic rings. The number of esters is 1. The molecule has 11 heteroatoms. The van der Waals surface area contributed by atoms with E-state index in [4.69, 9.17) is 18.9 Å². The van der Waals surface area contributed by atoms with Crippen molar-refractivity contribution in [2.75, 3.05) is 13.7 Å². The number of alkyl carbamates (subject to hydrolysis) is 1. The monoisotopic (exact) mass is 613 g/mol. The highest BCUT2D eigenvalue weighted by Crippen LogP contribution is 2.15. The molecule has 0 aliphatic carbocycles. The lowest BCUT2D eigenvalue weighted by atomic mass is 10.0. The van der Waals surface area contributed by atoms with Gasteiger partial charge in [0.05, 0.1) is 31.0 Å². The number of carbonyl (C=O) groups is 4. The maximum Gasteiger partial charge on any atom is 0.408 e. The van der Waals surface area contributed by atoms with Crippen molar-refractivity contribution < 1.29 is 38.1 Å². The molecule has 242 valence electrons. The summed E-state index contributed by atoms with van der Waals surface area (Å²) in [4.78, 5) is 52.7. The first kappa shape index (κ1) is 36.2. The molecule has 0 aliphatic heterocycles. The van der Waals surface area contributed by atoms with Crippen molar-refractivity contribution in [2.45, 2.75) is 96.9 Å². The predicted molar refractivity (Wildman–Crippen MR) is 166 cm³/mol. The van der Waals surface area contributed by atoms with Gasteiger partial charge in [-0.2, -0.15) is 0 Å². The van der Waals surface area contributed by atoms with Crippen molar-refractivity contribution in [3.05, 3.63) is 71.8 Å². The van der Waals surface area contributed by atoms with E-state index >= 15 is 0 Å². The van der Waals surface area contributed by atoms with Crippen LogP contribution < -0.4 is 16.0 Å². The molecule has 0 spiro atoms. The smallest absolute Gasteiger partial charge is 0.408 e. The third-order valence-electron chi connectivity index (χ3n) is 6.18. The number of methoxy groups -OCH3 is 1. The zero-order chi connectivity index (χ0) is 32.9. The minimum atomic E-state index is -1.25. The Bertz CT molecular complexity index is 1210. The van der Waals surface area contributed by atoms with Crippen LogP contribution in [0.3, 0.4) is 0 Å². The van der Waals surface area contributed by atoms with E-state index in [9.17, 15) is 19.2 Å². The second-order valence-corrected chi connectivity index (χ2v) is 12.4. The molecule has 0 saturated carbocycles. The lowest BCUT2D eigenvalue weighted by Gasteiger charge is -2.32. The Balaban J connectivity index is 2.29. The Morgan fingerprint density at radius 1 is 0.727 bits per heavy atom. The number of rotatable bonds is 14. The minimum Gasteiger partial charge on any atom is -0.467 e. The normalized spacial score (nSPS) is 14.4. The first-order chi connectivity index (χ1) is 20.6. The highest BCUT2D eigenvalue weighted by Gasteiger charge is 2.36. The molecule has 2 aromatic rings. The summed E-state index contributed by atoms with van der Waals surface area (Å²) in [5.74, 6) is -2.04. The molecule has 44 heavy (non-hydrogen) atoms. The molecule has 2 rings (SSSR count). The van der Waals surface area contributed by atoms with Crippen molar-refractivity contribution in [1.29, 1.82) is 0 Å². The van der Waals surface area contributed by atoms with Crippen LogP contribution in [-0.4, -0.2) is 73.0 Å². The van der Waals surface area contributed by atoms with Crippen LogP contribution in [0, 0.1) is 0 Å². The van der Waals surface area contributed by atoms with Crippen LogP contribution in [0.2, 0.25) is 0 Å². The molecule has 0 radical (unpaired) electrons. The highest BCUT2D eigenvalue weighted by atomic mass is 16.5. The van der Waals surface area contributed by atoms with E-state index in [1.165, 1.54) is 7.11 Å². The zero-order valence-electron chi connectivity index (χ0n) is 27.0. The summed E-state index contributed by atoms with van der Waals surface area (Å²) in [6.07, 6.45) is -1.50. The summed E-state index contributed by atoms with van der Waals surface area (Å²) < 4.78 is 22.0. The molecular weight excluding hydrogens is 566 g/mol. The molecule has 3 N–H and O–H groups in total. The molecule has 0 bridgehead atoms. The standard InChI is InChI=1S/C33H47N3O8/c1-22(44-33(5,6)7)27(29(38)34-26(30(39)41-8)21-43-32(2,3)4)36-28(37)25(19-23-15-11-9-12-16-23)35-31(40)42-20-24-17-13-10-14-18-24/h9-18,22,25-27H,19-21H2,1-8H3,(H,34,38)(H,35,40)(H,36,37)/t22-,25+,26+,27+/m1/s1. The molecule has 0 saturated heterocycles. The molecule has 0 unspecified atom stereocenters. The second kappa shape index (κ2) is 16.8. The van der Waals surface area contributed by atoms with Crippen LogP contribution in [0.5, 0.6) is 0 Å². The topological polar surface area (TPSA) is 141 Å². The number of hydrogen-bond acceptors (Lipinski definition) is 8. The maximum absolute atomic E-state index is 13.7. The van der Waals surface area contributed by atoms with E-state index in [2.05, 4.69) is 16.0 Å². The quantitative estimate of drug-likeness (QED) is 0.274. The van der Waals surface area contributed by atoms with E-state index in [1.54, 1.807) is 6.92 Å². The zero-order valence-corrected chi connectivity index (χ0v) is 27.0. The Morgan fingerprint density at radius 3 is 1.82 bits per heavy atom. The van der Waals surface area contributed by atoms with Gasteiger partial charge < -0.3 is 34.9 Å². The Morgan fingerprint density at radius 2 is 1.30 bits per heavy atom. The third-order valence-corrected chi connectivity index (χ3v) is 6.18. The SMILES string of the molecule is COC(=O)[C@H](COC(C)(C)C)NC(=O)[C@@H](NC(=O)[C@H](Cc1ccccc1)NC(=O)OCc1ccccc1)[C@@H](C)OC(C)(C)C. The van der Waals surface area contributed by atoms with Crippen molar-refractivity contribution in [3.63, 3.8) is 0 Å². The van der Waals surface area contributed by atoms with E-state index < -0.39 is 59.3 Å². The van der Waals surface area contributed by atoms with Gasteiger partial charge in [0.15, 0.2) is 6.04 Å². The fraction of sp³-hybridized carbons (Fsp3) is 0.515. The van der Waals surface area contributed by atoms with Crippen LogP contribution in [0.15, 0.2) is 60.7 Å². The van der Waals surface area contributed by atoms with Crippen LogP contribution >= 0.6 is 0 Å². The van der Waals surface area contributed by atoms with Gasteiger partial charge in [-0.1, -0.05) is 60.7 Å². The van der Waals surface area contributed by atoms with Gasteiger partial charge in [-0.15, -0.1) is 0 Å². The molecular formula is C33H47N3O8. The van der Waals surface area contributed by atoms with Gasteiger partial charge in [-0.25, -0.2) is 9.59 Å². The predicted octanol–water partition coefficient (Wildman–Crippen LogP) is 3.69. The van der Waals surface area contributed by atoms with Crippen LogP contribution in [-0.2, 0) is 46.4 Å². The molecule has 4 atom stereocenters. The number of hydrogen-bond donors (Lipinski definition) is 3. The summed E-state index contributed by atoms with van der Waals surface area (Å²) in [5, 5.41) is 8.00. The van der Waals surface area contributed by atoms with E-state index in [0.29, 0.717) is 0 Å². The third kappa shape index (κ3) is 13.6. The van der Waals surface area contributed by atoms with E-state index in [0.717, 1.165) is 11.1 Å². The summed E-state index contributed by atoms with van der Waals surface area (Å²) >= 11 is 0. The van der Waals surface area contributed by atoms with Crippen LogP contribution in [0.1, 0.15) is 59.6 Å². The van der Waals surface area contributed by atoms with E-state index in [1.807, 2.05) is 102 Å². The number of ether oxygens (including phenoxy) is 4. The van der Waals surface area contributed by atoms with Crippen molar-refractivity contribution in [3.8, 4) is 0 Å². The fourth-order valence-corrected chi connectivity index (χ4v) is 4.15. The Hall–Kier alpha value is -3.96. The number of benzene rings is 2. The van der Waals surface area contributed by atoms with Crippen molar-refractivity contribution in [2.24, 2.45) is 0 Å². The van der Waals surface area contributed by atoms with Gasteiger partial charge >= 0.3 is 12.1 Å². The van der Waals surface area contributed by atoms with Crippen molar-refractivity contribution >= 4 is 23.9 Å². The first-order valence-corrected chi connectivity index (χ1v) is 14.6. The largest absolute Gasteiger partial charge is 0.467 e. The minimum absolute atomic E-state index is 0.0133. The van der Waals surface area contributed by atoms with E-state index in [-0.39, 0.29) is 19.6 Å². The van der Waals surface area contributed by atoms with Gasteiger partial charge in [-0.05, 0) is 59.6 Å². The van der Waals surface area contributed by atoms with Gasteiger partial charge in [-0.3, -0.25) is 9.59 Å². The molecule has 2 aromatic carbocycles. The summed E-state index contributed by atoms with van der Waals surface area (Å²) in [6.45, 7) is 12.4. The highest BCUT2D eigenvalue weighted by molar-refractivity contribution is 5.93. The van der Waals surface area contributed by atoms with Gasteiger partial charge in [0.25, 0.3) is 0 Å². The molecule has 0 heterocycles. The van der Waals surface area contributed by atoms with Crippen molar-refractivity contribution in [1.82, 2.24) is 16.0 Å². The fourth-order valence-electron chi connectivity index (χ4n) is 4.15. The Labute approximate surface area is 260 Å².